The Morgan fingerprint density at radius 1 is 1.13 bits per heavy atom. The van der Waals surface area contributed by atoms with Gasteiger partial charge >= 0.3 is 0 Å². The number of guanidine groups is 1. The molecule has 0 amide bonds. The SMILES string of the molecule is CN=C(NCC(c1cccc(OC)c1)N1CCCC1)N1CCC(OCCCOC)CC1. The van der Waals surface area contributed by atoms with Crippen LogP contribution in [0.3, 0.4) is 0 Å². The van der Waals surface area contributed by atoms with Crippen LogP contribution in [0, 0.1) is 0 Å². The topological polar surface area (TPSA) is 58.6 Å². The Hall–Kier alpha value is -1.83. The number of hydrogen-bond donors (Lipinski definition) is 1. The highest BCUT2D eigenvalue weighted by molar-refractivity contribution is 5.80. The summed E-state index contributed by atoms with van der Waals surface area (Å²) in [6.45, 7) is 6.63. The Morgan fingerprint density at radius 3 is 2.58 bits per heavy atom. The fraction of sp³-hybridized carbons (Fsp3) is 0.708. The Kier molecular flexibility index (Phi) is 9.90. The third-order valence-electron chi connectivity index (χ3n) is 6.31. The first-order valence-corrected chi connectivity index (χ1v) is 11.7. The van der Waals surface area contributed by atoms with Gasteiger partial charge in [0.25, 0.3) is 0 Å². The van der Waals surface area contributed by atoms with Gasteiger partial charge in [0.15, 0.2) is 5.96 Å². The summed E-state index contributed by atoms with van der Waals surface area (Å²) in [4.78, 5) is 9.52. The summed E-state index contributed by atoms with van der Waals surface area (Å²) in [5.41, 5.74) is 1.30. The Morgan fingerprint density at radius 2 is 1.90 bits per heavy atom. The first-order chi connectivity index (χ1) is 15.2. The maximum absolute atomic E-state index is 6.01. The van der Waals surface area contributed by atoms with E-state index in [-0.39, 0.29) is 0 Å². The van der Waals surface area contributed by atoms with Crippen LogP contribution in [-0.4, -0.2) is 89.1 Å². The molecule has 0 aliphatic carbocycles. The molecule has 7 nitrogen and oxygen atoms in total. The molecular formula is C24H40N4O3. The molecule has 2 fully saturated rings. The van der Waals surface area contributed by atoms with Gasteiger partial charge < -0.3 is 24.4 Å². The van der Waals surface area contributed by atoms with Gasteiger partial charge in [-0.3, -0.25) is 9.89 Å². The molecule has 2 aliphatic heterocycles. The molecule has 1 atom stereocenters. The van der Waals surface area contributed by atoms with E-state index in [1.165, 1.54) is 18.4 Å². The van der Waals surface area contributed by atoms with Crippen molar-refractivity contribution in [3.8, 4) is 5.75 Å². The van der Waals surface area contributed by atoms with Gasteiger partial charge in [0.1, 0.15) is 5.75 Å². The molecule has 1 aromatic carbocycles. The number of aliphatic imine (C=N–C) groups is 1. The van der Waals surface area contributed by atoms with E-state index in [9.17, 15) is 0 Å². The van der Waals surface area contributed by atoms with E-state index in [2.05, 4.69) is 38.3 Å². The van der Waals surface area contributed by atoms with Crippen molar-refractivity contribution in [1.29, 1.82) is 0 Å². The average molecular weight is 433 g/mol. The quantitative estimate of drug-likeness (QED) is 0.349. The van der Waals surface area contributed by atoms with E-state index >= 15 is 0 Å². The van der Waals surface area contributed by atoms with Crippen LogP contribution < -0.4 is 10.1 Å². The molecule has 1 aromatic rings. The number of rotatable bonds is 10. The van der Waals surface area contributed by atoms with Crippen molar-refractivity contribution in [2.45, 2.75) is 44.2 Å². The van der Waals surface area contributed by atoms with Crippen LogP contribution in [0.5, 0.6) is 5.75 Å². The molecule has 0 radical (unpaired) electrons. The average Bonchev–Trinajstić information content (AvgIpc) is 3.35. The van der Waals surface area contributed by atoms with Crippen LogP contribution in [0.2, 0.25) is 0 Å². The molecule has 0 spiro atoms. The molecular weight excluding hydrogens is 392 g/mol. The smallest absolute Gasteiger partial charge is 0.193 e. The summed E-state index contributed by atoms with van der Waals surface area (Å²) in [5.74, 6) is 1.91. The first kappa shape index (κ1) is 23.8. The van der Waals surface area contributed by atoms with E-state index in [4.69, 9.17) is 14.2 Å². The number of piperidine rings is 1. The van der Waals surface area contributed by atoms with Crippen LogP contribution in [-0.2, 0) is 9.47 Å². The second kappa shape index (κ2) is 12.9. The minimum atomic E-state index is 0.316. The molecule has 0 bridgehead atoms. The Bertz CT molecular complexity index is 671. The summed E-state index contributed by atoms with van der Waals surface area (Å²) >= 11 is 0. The van der Waals surface area contributed by atoms with E-state index in [0.717, 1.165) is 76.9 Å². The molecule has 0 aromatic heterocycles. The van der Waals surface area contributed by atoms with Gasteiger partial charge in [-0.2, -0.15) is 0 Å². The fourth-order valence-corrected chi connectivity index (χ4v) is 4.57. The summed E-state index contributed by atoms with van der Waals surface area (Å²) in [6, 6.07) is 8.79. The number of benzene rings is 1. The summed E-state index contributed by atoms with van der Waals surface area (Å²) in [6.07, 6.45) is 5.93. The van der Waals surface area contributed by atoms with Crippen LogP contribution >= 0.6 is 0 Å². The van der Waals surface area contributed by atoms with Crippen LogP contribution in [0.15, 0.2) is 29.3 Å². The second-order valence-electron chi connectivity index (χ2n) is 8.37. The maximum atomic E-state index is 6.01. The third-order valence-corrected chi connectivity index (χ3v) is 6.31. The highest BCUT2D eigenvalue weighted by Gasteiger charge is 2.26. The molecule has 174 valence electrons. The van der Waals surface area contributed by atoms with Crippen LogP contribution in [0.4, 0.5) is 0 Å². The van der Waals surface area contributed by atoms with Crippen molar-refractivity contribution in [3.05, 3.63) is 29.8 Å². The van der Waals surface area contributed by atoms with Crippen molar-refractivity contribution < 1.29 is 14.2 Å². The molecule has 2 aliphatic rings. The number of methoxy groups -OCH3 is 2. The predicted molar refractivity (Wildman–Crippen MR) is 125 cm³/mol. The number of hydrogen-bond acceptors (Lipinski definition) is 5. The third kappa shape index (κ3) is 7.09. The largest absolute Gasteiger partial charge is 0.497 e. The van der Waals surface area contributed by atoms with Gasteiger partial charge in [-0.15, -0.1) is 0 Å². The zero-order valence-electron chi connectivity index (χ0n) is 19.5. The lowest BCUT2D eigenvalue weighted by Crippen LogP contribution is -2.49. The summed E-state index contributed by atoms with van der Waals surface area (Å²) < 4.78 is 16.6. The number of nitrogens with zero attached hydrogens (tertiary/aromatic N) is 3. The molecule has 2 heterocycles. The minimum absolute atomic E-state index is 0.316. The van der Waals surface area contributed by atoms with Crippen LogP contribution in [0.1, 0.15) is 43.7 Å². The lowest BCUT2D eigenvalue weighted by Gasteiger charge is -2.35. The van der Waals surface area contributed by atoms with Crippen molar-refractivity contribution in [1.82, 2.24) is 15.1 Å². The standard InChI is InChI=1S/C24H40N4O3/c1-25-24(28-14-10-21(11-15-28)31-17-7-16-29-2)26-19-23(27-12-4-5-13-27)20-8-6-9-22(18-20)30-3/h6,8-9,18,21,23H,4-5,7,10-17,19H2,1-3H3,(H,25,26). The number of ether oxygens (including phenoxy) is 3. The maximum Gasteiger partial charge on any atom is 0.193 e. The molecule has 1 N–H and O–H groups in total. The first-order valence-electron chi connectivity index (χ1n) is 11.7. The van der Waals surface area contributed by atoms with Gasteiger partial charge in [-0.05, 0) is 62.9 Å². The number of nitrogens with one attached hydrogen (secondary N) is 1. The van der Waals surface area contributed by atoms with Crippen molar-refractivity contribution in [2.75, 3.05) is 67.2 Å². The fourth-order valence-electron chi connectivity index (χ4n) is 4.57. The Balaban J connectivity index is 1.54. The molecule has 1 unspecified atom stereocenters. The highest BCUT2D eigenvalue weighted by Crippen LogP contribution is 2.27. The zero-order valence-corrected chi connectivity index (χ0v) is 19.5. The van der Waals surface area contributed by atoms with Crippen LogP contribution in [0.25, 0.3) is 0 Å². The van der Waals surface area contributed by atoms with Crippen molar-refractivity contribution in [3.63, 3.8) is 0 Å². The van der Waals surface area contributed by atoms with Gasteiger partial charge in [-0.1, -0.05) is 12.1 Å². The second-order valence-corrected chi connectivity index (χ2v) is 8.37. The molecule has 0 saturated carbocycles. The normalized spacial score (nSPS) is 19.6. The van der Waals surface area contributed by atoms with Crippen molar-refractivity contribution >= 4 is 5.96 Å². The monoisotopic (exact) mass is 432 g/mol. The lowest BCUT2D eigenvalue weighted by atomic mass is 10.0. The summed E-state index contributed by atoms with van der Waals surface area (Å²) in [5, 5.41) is 3.66. The van der Waals surface area contributed by atoms with E-state index in [0.29, 0.717) is 12.1 Å². The van der Waals surface area contributed by atoms with Gasteiger partial charge in [-0.25, -0.2) is 0 Å². The van der Waals surface area contributed by atoms with E-state index < -0.39 is 0 Å². The lowest BCUT2D eigenvalue weighted by molar-refractivity contribution is 0.00986. The van der Waals surface area contributed by atoms with Gasteiger partial charge in [0.05, 0.1) is 19.3 Å². The number of likely N-dealkylation sites (tertiary alicyclic amines) is 2. The van der Waals surface area contributed by atoms with Crippen molar-refractivity contribution in [2.24, 2.45) is 4.99 Å². The van der Waals surface area contributed by atoms with E-state index in [1.807, 2.05) is 13.1 Å². The molecule has 7 heteroatoms. The highest BCUT2D eigenvalue weighted by atomic mass is 16.5. The predicted octanol–water partition coefficient (Wildman–Crippen LogP) is 2.93. The summed E-state index contributed by atoms with van der Waals surface area (Å²) in [7, 11) is 5.35. The molecule has 31 heavy (non-hydrogen) atoms. The zero-order chi connectivity index (χ0) is 21.9. The minimum Gasteiger partial charge on any atom is -0.497 e. The molecule has 3 rings (SSSR count). The Labute approximate surface area is 187 Å². The van der Waals surface area contributed by atoms with Gasteiger partial charge in [0, 0.05) is 47.0 Å². The van der Waals surface area contributed by atoms with E-state index in [1.54, 1.807) is 14.2 Å². The molecule has 2 saturated heterocycles. The van der Waals surface area contributed by atoms with Gasteiger partial charge in [0.2, 0.25) is 0 Å².